The maximum absolute atomic E-state index is 10.3. The zero-order chi connectivity index (χ0) is 19.4. The molecule has 7 nitrogen and oxygen atoms in total. The Kier molecular flexibility index (Phi) is 6.73. The van der Waals surface area contributed by atoms with Gasteiger partial charge in [-0.15, -0.1) is 11.3 Å². The van der Waals surface area contributed by atoms with Crippen LogP contribution in [0.3, 0.4) is 0 Å². The molecule has 1 aliphatic heterocycles. The predicted octanol–water partition coefficient (Wildman–Crippen LogP) is 2.72. The van der Waals surface area contributed by atoms with Crippen molar-refractivity contribution in [3.63, 3.8) is 0 Å². The lowest BCUT2D eigenvalue weighted by Gasteiger charge is -2.25. The van der Waals surface area contributed by atoms with E-state index in [1.54, 1.807) is 6.07 Å². The second-order valence-corrected chi connectivity index (χ2v) is 8.73. The first kappa shape index (κ1) is 20.1. The molecule has 2 atom stereocenters. The van der Waals surface area contributed by atoms with E-state index in [-0.39, 0.29) is 12.6 Å². The van der Waals surface area contributed by atoms with E-state index in [2.05, 4.69) is 39.6 Å². The Balaban J connectivity index is 1.62. The van der Waals surface area contributed by atoms with Gasteiger partial charge in [0.05, 0.1) is 17.4 Å². The molecule has 1 aliphatic rings. The van der Waals surface area contributed by atoms with Crippen LogP contribution in [-0.4, -0.2) is 45.0 Å². The van der Waals surface area contributed by atoms with E-state index in [0.29, 0.717) is 16.2 Å². The highest BCUT2D eigenvalue weighted by molar-refractivity contribution is 7.16. The van der Waals surface area contributed by atoms with Gasteiger partial charge in [-0.2, -0.15) is 5.10 Å². The van der Waals surface area contributed by atoms with Crippen LogP contribution < -0.4 is 10.6 Å². The van der Waals surface area contributed by atoms with Gasteiger partial charge in [-0.25, -0.2) is 9.67 Å². The van der Waals surface area contributed by atoms with Crippen molar-refractivity contribution >= 4 is 28.9 Å². The molecule has 0 bridgehead atoms. The highest BCUT2D eigenvalue weighted by Gasteiger charge is 2.23. The number of guanidine groups is 1. The molecule has 148 valence electrons. The van der Waals surface area contributed by atoms with Crippen molar-refractivity contribution < 1.29 is 5.11 Å². The van der Waals surface area contributed by atoms with Crippen molar-refractivity contribution in [3.05, 3.63) is 33.0 Å². The molecule has 9 heteroatoms. The van der Waals surface area contributed by atoms with Crippen molar-refractivity contribution in [2.45, 2.75) is 58.2 Å². The van der Waals surface area contributed by atoms with Gasteiger partial charge in [-0.05, 0) is 25.5 Å². The maximum Gasteiger partial charge on any atom is 0.191 e. The number of aliphatic hydroxyl groups is 1. The van der Waals surface area contributed by atoms with Gasteiger partial charge in [0.1, 0.15) is 11.9 Å². The first-order valence-corrected chi connectivity index (χ1v) is 10.6. The molecule has 0 saturated heterocycles. The van der Waals surface area contributed by atoms with Gasteiger partial charge in [0, 0.05) is 29.8 Å². The van der Waals surface area contributed by atoms with Crippen molar-refractivity contribution in [3.8, 4) is 0 Å². The Labute approximate surface area is 168 Å². The minimum atomic E-state index is -0.653. The topological polar surface area (TPSA) is 87.4 Å². The SMILES string of the molecule is CCNC(=NCC(O)c1ccc(Cl)s1)NC1CCc2nc(C(C)C)nn2C1. The van der Waals surface area contributed by atoms with E-state index in [1.807, 2.05) is 17.7 Å². The Morgan fingerprint density at radius 3 is 2.96 bits per heavy atom. The molecule has 2 aromatic heterocycles. The summed E-state index contributed by atoms with van der Waals surface area (Å²) in [5.74, 6) is 3.00. The van der Waals surface area contributed by atoms with Crippen LogP contribution in [0.1, 0.15) is 55.7 Å². The molecule has 0 amide bonds. The quantitative estimate of drug-likeness (QED) is 0.503. The lowest BCUT2D eigenvalue weighted by atomic mass is 10.1. The second kappa shape index (κ2) is 9.03. The fourth-order valence-electron chi connectivity index (χ4n) is 2.98. The third-order valence-electron chi connectivity index (χ3n) is 4.42. The molecule has 0 saturated carbocycles. The number of hydrogen-bond acceptors (Lipinski definition) is 5. The van der Waals surface area contributed by atoms with Gasteiger partial charge in [0.15, 0.2) is 11.8 Å². The van der Waals surface area contributed by atoms with Crippen LogP contribution >= 0.6 is 22.9 Å². The Bertz CT molecular complexity index is 787. The molecule has 3 N–H and O–H groups in total. The normalized spacial score (nSPS) is 18.4. The molecular weight excluding hydrogens is 384 g/mol. The molecule has 2 aromatic rings. The highest BCUT2D eigenvalue weighted by Crippen LogP contribution is 2.27. The van der Waals surface area contributed by atoms with Crippen LogP contribution in [0.2, 0.25) is 4.34 Å². The average molecular weight is 411 g/mol. The zero-order valence-corrected chi connectivity index (χ0v) is 17.5. The van der Waals surface area contributed by atoms with Gasteiger partial charge in [0.25, 0.3) is 0 Å². The van der Waals surface area contributed by atoms with Crippen molar-refractivity contribution in [2.75, 3.05) is 13.1 Å². The van der Waals surface area contributed by atoms with Gasteiger partial charge in [-0.1, -0.05) is 25.4 Å². The third kappa shape index (κ3) is 5.21. The van der Waals surface area contributed by atoms with E-state index >= 15 is 0 Å². The number of aromatic nitrogens is 3. The number of aliphatic imine (C=N–C) groups is 1. The maximum atomic E-state index is 10.3. The monoisotopic (exact) mass is 410 g/mol. The predicted molar refractivity (Wildman–Crippen MR) is 110 cm³/mol. The fourth-order valence-corrected chi connectivity index (χ4v) is 4.02. The average Bonchev–Trinajstić information content (AvgIpc) is 3.25. The summed E-state index contributed by atoms with van der Waals surface area (Å²) < 4.78 is 2.67. The van der Waals surface area contributed by atoms with Crippen LogP contribution in [0, 0.1) is 0 Å². The number of nitrogens with one attached hydrogen (secondary N) is 2. The molecular formula is C18H27ClN6OS. The number of thiophene rings is 1. The van der Waals surface area contributed by atoms with Gasteiger partial charge < -0.3 is 15.7 Å². The molecule has 27 heavy (non-hydrogen) atoms. The van der Waals surface area contributed by atoms with Gasteiger partial charge in [-0.3, -0.25) is 4.99 Å². The first-order valence-electron chi connectivity index (χ1n) is 9.38. The summed E-state index contributed by atoms with van der Waals surface area (Å²) in [4.78, 5) is 10.0. The largest absolute Gasteiger partial charge is 0.386 e. The minimum Gasteiger partial charge on any atom is -0.386 e. The molecule has 0 spiro atoms. The fraction of sp³-hybridized carbons (Fsp3) is 0.611. The van der Waals surface area contributed by atoms with Gasteiger partial charge >= 0.3 is 0 Å². The molecule has 3 rings (SSSR count). The molecule has 0 fully saturated rings. The van der Waals surface area contributed by atoms with Crippen molar-refractivity contribution in [1.82, 2.24) is 25.4 Å². The molecule has 0 aromatic carbocycles. The van der Waals surface area contributed by atoms with Crippen molar-refractivity contribution in [1.29, 1.82) is 0 Å². The standard InChI is InChI=1S/C18H27ClN6OS/c1-4-20-18(21-9-13(26)14-6-7-15(19)27-14)22-12-5-8-16-23-17(11(2)3)24-25(16)10-12/h6-7,11-13,26H,4-5,8-10H2,1-3H3,(H2,20,21,22). The summed E-state index contributed by atoms with van der Waals surface area (Å²) >= 11 is 7.32. The van der Waals surface area contributed by atoms with E-state index in [1.165, 1.54) is 11.3 Å². The Hall–Kier alpha value is -1.64. The Morgan fingerprint density at radius 2 is 2.30 bits per heavy atom. The second-order valence-electron chi connectivity index (χ2n) is 6.98. The molecule has 2 unspecified atom stereocenters. The van der Waals surface area contributed by atoms with E-state index < -0.39 is 6.10 Å². The highest BCUT2D eigenvalue weighted by atomic mass is 35.5. The third-order valence-corrected chi connectivity index (χ3v) is 5.75. The van der Waals surface area contributed by atoms with Crippen LogP contribution in [0.5, 0.6) is 0 Å². The molecule has 0 aliphatic carbocycles. The lowest BCUT2D eigenvalue weighted by molar-refractivity contribution is 0.191. The van der Waals surface area contributed by atoms with Crippen LogP contribution in [0.15, 0.2) is 17.1 Å². The number of rotatable bonds is 6. The van der Waals surface area contributed by atoms with E-state index in [4.69, 9.17) is 11.6 Å². The summed E-state index contributed by atoms with van der Waals surface area (Å²) in [5.41, 5.74) is 0. The minimum absolute atomic E-state index is 0.227. The smallest absolute Gasteiger partial charge is 0.191 e. The molecule has 0 radical (unpaired) electrons. The number of hydrogen-bond donors (Lipinski definition) is 3. The molecule has 3 heterocycles. The summed E-state index contributed by atoms with van der Waals surface area (Å²) in [6, 6.07) is 3.86. The zero-order valence-electron chi connectivity index (χ0n) is 15.9. The van der Waals surface area contributed by atoms with Crippen LogP contribution in [0.25, 0.3) is 0 Å². The summed E-state index contributed by atoms with van der Waals surface area (Å²) in [5, 5.41) is 21.6. The van der Waals surface area contributed by atoms with Gasteiger partial charge in [0.2, 0.25) is 0 Å². The number of halogens is 1. The van der Waals surface area contributed by atoms with Crippen LogP contribution in [-0.2, 0) is 13.0 Å². The Morgan fingerprint density at radius 1 is 1.48 bits per heavy atom. The number of nitrogens with zero attached hydrogens (tertiary/aromatic N) is 4. The number of aryl methyl sites for hydroxylation is 1. The van der Waals surface area contributed by atoms with E-state index in [9.17, 15) is 5.11 Å². The lowest BCUT2D eigenvalue weighted by Crippen LogP contribution is -2.47. The first-order chi connectivity index (χ1) is 13.0. The van der Waals surface area contributed by atoms with E-state index in [0.717, 1.165) is 42.5 Å². The van der Waals surface area contributed by atoms with Crippen LogP contribution in [0.4, 0.5) is 0 Å². The summed E-state index contributed by atoms with van der Waals surface area (Å²) in [6.07, 6.45) is 1.22. The summed E-state index contributed by atoms with van der Waals surface area (Å²) in [6.45, 7) is 8.05. The number of fused-ring (bicyclic) bond motifs is 1. The van der Waals surface area contributed by atoms with Crippen molar-refractivity contribution in [2.24, 2.45) is 4.99 Å². The summed E-state index contributed by atoms with van der Waals surface area (Å²) in [7, 11) is 0. The number of aliphatic hydroxyl groups excluding tert-OH is 1.